The van der Waals surface area contributed by atoms with Gasteiger partial charge in [-0.15, -0.1) is 0 Å². The zero-order chi connectivity index (χ0) is 14.8. The maximum atomic E-state index is 12.8. The van der Waals surface area contributed by atoms with Crippen LogP contribution in [0, 0.1) is 0 Å². The summed E-state index contributed by atoms with van der Waals surface area (Å²) in [4.78, 5) is 0.365. The highest BCUT2D eigenvalue weighted by Gasteiger charge is 2.30. The number of hydrogen-bond acceptors (Lipinski definition) is 4. The molecular formula is C14H22N2O3S. The van der Waals surface area contributed by atoms with E-state index in [2.05, 4.69) is 5.32 Å². The minimum Gasteiger partial charge on any atom is -0.395 e. The molecule has 1 aliphatic heterocycles. The van der Waals surface area contributed by atoms with E-state index in [1.165, 1.54) is 4.31 Å². The molecular weight excluding hydrogens is 276 g/mol. The summed E-state index contributed by atoms with van der Waals surface area (Å²) in [5.74, 6) is 0. The van der Waals surface area contributed by atoms with Gasteiger partial charge in [-0.3, -0.25) is 0 Å². The van der Waals surface area contributed by atoms with Crippen LogP contribution in [-0.2, 0) is 16.4 Å². The average Bonchev–Trinajstić information content (AvgIpc) is 2.43. The molecule has 0 radical (unpaired) electrons. The van der Waals surface area contributed by atoms with E-state index < -0.39 is 10.0 Å². The Labute approximate surface area is 120 Å². The minimum absolute atomic E-state index is 0.122. The van der Waals surface area contributed by atoms with Crippen LogP contribution >= 0.6 is 0 Å². The van der Waals surface area contributed by atoms with E-state index in [1.54, 1.807) is 12.1 Å². The Hall–Kier alpha value is -1.11. The van der Waals surface area contributed by atoms with Gasteiger partial charge in [-0.05, 0) is 44.4 Å². The number of anilines is 1. The van der Waals surface area contributed by atoms with Crippen LogP contribution in [0.3, 0.4) is 0 Å². The van der Waals surface area contributed by atoms with Crippen LogP contribution in [0.5, 0.6) is 0 Å². The second-order valence-corrected chi connectivity index (χ2v) is 7.10. The number of hydrogen-bond donors (Lipinski definition) is 2. The molecule has 0 fully saturated rings. The van der Waals surface area contributed by atoms with Gasteiger partial charge in [0.2, 0.25) is 10.0 Å². The van der Waals surface area contributed by atoms with Crippen molar-refractivity contribution < 1.29 is 13.5 Å². The molecule has 0 bridgehead atoms. The molecule has 2 N–H and O–H groups in total. The van der Waals surface area contributed by atoms with Crippen LogP contribution in [0.4, 0.5) is 5.69 Å². The van der Waals surface area contributed by atoms with Crippen molar-refractivity contribution >= 4 is 15.7 Å². The highest BCUT2D eigenvalue weighted by Crippen LogP contribution is 2.30. The van der Waals surface area contributed by atoms with E-state index in [1.807, 2.05) is 19.9 Å². The summed E-state index contributed by atoms with van der Waals surface area (Å²) in [7, 11) is -3.57. The number of aliphatic hydroxyl groups is 1. The Morgan fingerprint density at radius 2 is 2.15 bits per heavy atom. The highest BCUT2D eigenvalue weighted by atomic mass is 32.2. The van der Waals surface area contributed by atoms with Crippen molar-refractivity contribution in [1.82, 2.24) is 4.31 Å². The molecule has 1 aromatic carbocycles. The first kappa shape index (κ1) is 15.3. The Bertz CT molecular complexity index is 570. The zero-order valence-corrected chi connectivity index (χ0v) is 12.8. The SMILES string of the molecule is CC(C)N(CCO)S(=O)(=O)c1cccc2c1CCCN2. The maximum absolute atomic E-state index is 12.8. The number of nitrogens with one attached hydrogen (secondary N) is 1. The van der Waals surface area contributed by atoms with E-state index >= 15 is 0 Å². The van der Waals surface area contributed by atoms with Crippen LogP contribution < -0.4 is 5.32 Å². The molecule has 112 valence electrons. The molecule has 0 aromatic heterocycles. The number of fused-ring (bicyclic) bond motifs is 1. The molecule has 20 heavy (non-hydrogen) atoms. The van der Waals surface area contributed by atoms with Gasteiger partial charge in [0.05, 0.1) is 11.5 Å². The third kappa shape index (κ3) is 2.82. The lowest BCUT2D eigenvalue weighted by Gasteiger charge is -2.28. The van der Waals surface area contributed by atoms with Crippen LogP contribution in [-0.4, -0.2) is 43.6 Å². The predicted molar refractivity (Wildman–Crippen MR) is 79.4 cm³/mol. The second-order valence-electron chi connectivity index (χ2n) is 5.25. The molecule has 1 aromatic rings. The van der Waals surface area contributed by atoms with Crippen molar-refractivity contribution in [3.05, 3.63) is 23.8 Å². The molecule has 2 rings (SSSR count). The molecule has 0 aliphatic carbocycles. The number of nitrogens with zero attached hydrogens (tertiary/aromatic N) is 1. The third-order valence-corrected chi connectivity index (χ3v) is 5.70. The summed E-state index contributed by atoms with van der Waals surface area (Å²) in [6, 6.07) is 5.16. The zero-order valence-electron chi connectivity index (χ0n) is 12.0. The van der Waals surface area contributed by atoms with Crippen molar-refractivity contribution in [3.63, 3.8) is 0 Å². The van der Waals surface area contributed by atoms with Gasteiger partial charge in [0, 0.05) is 24.8 Å². The standard InChI is InChI=1S/C14H22N2O3S/c1-11(2)16(9-10-17)20(18,19)14-7-3-6-13-12(14)5-4-8-15-13/h3,6-7,11,15,17H,4-5,8-10H2,1-2H3. The Morgan fingerprint density at radius 3 is 2.80 bits per heavy atom. The highest BCUT2D eigenvalue weighted by molar-refractivity contribution is 7.89. The molecule has 0 saturated carbocycles. The summed E-state index contributed by atoms with van der Waals surface area (Å²) in [6.45, 7) is 4.46. The molecule has 5 nitrogen and oxygen atoms in total. The number of rotatable bonds is 5. The van der Waals surface area contributed by atoms with Gasteiger partial charge < -0.3 is 10.4 Å². The van der Waals surface area contributed by atoms with E-state index in [-0.39, 0.29) is 19.2 Å². The maximum Gasteiger partial charge on any atom is 0.243 e. The van der Waals surface area contributed by atoms with Crippen molar-refractivity contribution in [3.8, 4) is 0 Å². The van der Waals surface area contributed by atoms with Gasteiger partial charge in [0.1, 0.15) is 0 Å². The summed E-state index contributed by atoms with van der Waals surface area (Å²) < 4.78 is 27.0. The van der Waals surface area contributed by atoms with E-state index in [0.29, 0.717) is 4.90 Å². The molecule has 1 heterocycles. The quantitative estimate of drug-likeness (QED) is 0.863. The number of aliphatic hydroxyl groups excluding tert-OH is 1. The van der Waals surface area contributed by atoms with Crippen molar-refractivity contribution in [1.29, 1.82) is 0 Å². The lowest BCUT2D eigenvalue weighted by molar-refractivity contribution is 0.236. The smallest absolute Gasteiger partial charge is 0.243 e. The van der Waals surface area contributed by atoms with E-state index in [9.17, 15) is 8.42 Å². The van der Waals surface area contributed by atoms with Gasteiger partial charge in [-0.2, -0.15) is 4.31 Å². The first-order chi connectivity index (χ1) is 9.48. The lowest BCUT2D eigenvalue weighted by Crippen LogP contribution is -2.39. The molecule has 1 aliphatic rings. The molecule has 0 saturated heterocycles. The first-order valence-electron chi connectivity index (χ1n) is 6.97. The lowest BCUT2D eigenvalue weighted by atomic mass is 10.0. The van der Waals surface area contributed by atoms with Gasteiger partial charge in [0.15, 0.2) is 0 Å². The van der Waals surface area contributed by atoms with Crippen molar-refractivity contribution in [2.24, 2.45) is 0 Å². The fraction of sp³-hybridized carbons (Fsp3) is 0.571. The topological polar surface area (TPSA) is 69.6 Å². The fourth-order valence-corrected chi connectivity index (χ4v) is 4.50. The van der Waals surface area contributed by atoms with E-state index in [4.69, 9.17) is 5.11 Å². The second kappa shape index (κ2) is 6.11. The fourth-order valence-electron chi connectivity index (χ4n) is 2.60. The molecule has 6 heteroatoms. The normalized spacial score (nSPS) is 15.2. The largest absolute Gasteiger partial charge is 0.395 e. The summed E-state index contributed by atoms with van der Waals surface area (Å²) in [6.07, 6.45) is 1.70. The number of sulfonamides is 1. The van der Waals surface area contributed by atoms with Crippen LogP contribution in [0.15, 0.2) is 23.1 Å². The van der Waals surface area contributed by atoms with Crippen LogP contribution in [0.1, 0.15) is 25.8 Å². The van der Waals surface area contributed by atoms with Crippen molar-refractivity contribution in [2.45, 2.75) is 37.6 Å². The van der Waals surface area contributed by atoms with E-state index in [0.717, 1.165) is 30.6 Å². The Kier molecular flexibility index (Phi) is 4.67. The van der Waals surface area contributed by atoms with Crippen LogP contribution in [0.2, 0.25) is 0 Å². The van der Waals surface area contributed by atoms with Crippen LogP contribution in [0.25, 0.3) is 0 Å². The van der Waals surface area contributed by atoms with Gasteiger partial charge in [-0.25, -0.2) is 8.42 Å². The predicted octanol–water partition coefficient (Wildman–Crippen LogP) is 1.44. The summed E-state index contributed by atoms with van der Waals surface area (Å²) in [5.41, 5.74) is 1.77. The van der Waals surface area contributed by atoms with Gasteiger partial charge in [-0.1, -0.05) is 6.07 Å². The average molecular weight is 298 g/mol. The number of benzene rings is 1. The Morgan fingerprint density at radius 1 is 1.40 bits per heavy atom. The molecule has 0 unspecified atom stereocenters. The molecule has 0 atom stereocenters. The third-order valence-electron chi connectivity index (χ3n) is 3.54. The van der Waals surface area contributed by atoms with Gasteiger partial charge in [0.25, 0.3) is 0 Å². The van der Waals surface area contributed by atoms with Crippen molar-refractivity contribution in [2.75, 3.05) is 25.0 Å². The first-order valence-corrected chi connectivity index (χ1v) is 8.41. The van der Waals surface area contributed by atoms with Gasteiger partial charge >= 0.3 is 0 Å². The minimum atomic E-state index is -3.57. The molecule has 0 spiro atoms. The summed E-state index contributed by atoms with van der Waals surface area (Å²) >= 11 is 0. The molecule has 0 amide bonds. The summed E-state index contributed by atoms with van der Waals surface area (Å²) in [5, 5.41) is 12.4. The monoisotopic (exact) mass is 298 g/mol. The Balaban J connectivity index is 2.48.